The van der Waals surface area contributed by atoms with E-state index in [1.165, 1.54) is 6.42 Å². The van der Waals surface area contributed by atoms with E-state index in [9.17, 15) is 14.7 Å². The van der Waals surface area contributed by atoms with Gasteiger partial charge in [0.2, 0.25) is 6.41 Å². The molecule has 24 heavy (non-hydrogen) atoms. The van der Waals surface area contributed by atoms with E-state index in [1.54, 1.807) is 18.2 Å². The predicted octanol–water partition coefficient (Wildman–Crippen LogP) is 3.69. The number of carbonyl (C=O) groups excluding carboxylic acids is 2. The van der Waals surface area contributed by atoms with E-state index in [1.807, 2.05) is 0 Å². The van der Waals surface area contributed by atoms with Crippen LogP contribution in [-0.4, -0.2) is 23.0 Å². The van der Waals surface area contributed by atoms with Crippen molar-refractivity contribution in [3.63, 3.8) is 0 Å². The van der Waals surface area contributed by atoms with Crippen molar-refractivity contribution < 1.29 is 14.7 Å². The van der Waals surface area contributed by atoms with E-state index in [4.69, 9.17) is 0 Å². The average molecular weight is 332 g/mol. The van der Waals surface area contributed by atoms with E-state index in [2.05, 4.69) is 38.3 Å². The molecule has 1 fully saturated rings. The Morgan fingerprint density at radius 1 is 1.38 bits per heavy atom. The molecule has 3 unspecified atom stereocenters. The van der Waals surface area contributed by atoms with E-state index >= 15 is 0 Å². The maximum Gasteiger partial charge on any atom is 0.255 e. The highest BCUT2D eigenvalue weighted by Gasteiger charge is 2.42. The number of phenols is 1. The summed E-state index contributed by atoms with van der Waals surface area (Å²) in [7, 11) is 0. The van der Waals surface area contributed by atoms with Crippen molar-refractivity contribution in [1.29, 1.82) is 0 Å². The third-order valence-electron chi connectivity index (χ3n) is 5.22. The molecular weight excluding hydrogens is 304 g/mol. The lowest BCUT2D eigenvalue weighted by Gasteiger charge is -2.47. The summed E-state index contributed by atoms with van der Waals surface area (Å²) in [5.74, 6) is 0.0237. The van der Waals surface area contributed by atoms with Gasteiger partial charge < -0.3 is 15.7 Å². The third-order valence-corrected chi connectivity index (χ3v) is 5.22. The molecule has 0 heterocycles. The number of nitrogens with one attached hydrogen (secondary N) is 2. The molecular formula is C19H28N2O3. The summed E-state index contributed by atoms with van der Waals surface area (Å²) in [6, 6.07) is 4.76. The molecule has 0 saturated heterocycles. The number of anilines is 1. The van der Waals surface area contributed by atoms with Crippen LogP contribution in [0.2, 0.25) is 0 Å². The average Bonchev–Trinajstić information content (AvgIpc) is 2.47. The quantitative estimate of drug-likeness (QED) is 0.568. The summed E-state index contributed by atoms with van der Waals surface area (Å²) in [4.78, 5) is 23.3. The standard InChI is InChI=1S/C19H28N2O3/c1-5-18(3)9-13(2)10-19(4,11-18)21-17(24)14-7-6-8-15(16(14)23)20-12-22/h6-8,12-13,23H,5,9-11H2,1-4H3,(H,20,22)(H,21,24). The number of rotatable bonds is 5. The first-order valence-electron chi connectivity index (χ1n) is 8.56. The van der Waals surface area contributed by atoms with E-state index < -0.39 is 0 Å². The second-order valence-electron chi connectivity index (χ2n) is 7.83. The zero-order chi connectivity index (χ0) is 18.0. The Hall–Kier alpha value is -2.04. The first-order chi connectivity index (χ1) is 11.2. The molecule has 1 aromatic rings. The van der Waals surface area contributed by atoms with Gasteiger partial charge in [0.05, 0.1) is 11.3 Å². The van der Waals surface area contributed by atoms with Crippen LogP contribution in [0.25, 0.3) is 0 Å². The molecule has 1 saturated carbocycles. The van der Waals surface area contributed by atoms with Crippen molar-refractivity contribution in [1.82, 2.24) is 5.32 Å². The Labute approximate surface area is 143 Å². The molecule has 5 nitrogen and oxygen atoms in total. The molecule has 1 aromatic carbocycles. The minimum Gasteiger partial charge on any atom is -0.505 e. The minimum atomic E-state index is -0.308. The lowest BCUT2D eigenvalue weighted by atomic mass is 9.63. The van der Waals surface area contributed by atoms with Crippen LogP contribution in [0.5, 0.6) is 5.75 Å². The first-order valence-corrected chi connectivity index (χ1v) is 8.56. The lowest BCUT2D eigenvalue weighted by Crippen LogP contribution is -2.53. The van der Waals surface area contributed by atoms with Gasteiger partial charge in [-0.3, -0.25) is 9.59 Å². The smallest absolute Gasteiger partial charge is 0.255 e. The summed E-state index contributed by atoms with van der Waals surface area (Å²) < 4.78 is 0. The zero-order valence-electron chi connectivity index (χ0n) is 15.0. The first kappa shape index (κ1) is 18.3. The van der Waals surface area contributed by atoms with Crippen LogP contribution in [0, 0.1) is 11.3 Å². The van der Waals surface area contributed by atoms with Crippen molar-refractivity contribution in [2.45, 2.75) is 58.9 Å². The van der Waals surface area contributed by atoms with Crippen molar-refractivity contribution in [3.05, 3.63) is 23.8 Å². The number of aromatic hydroxyl groups is 1. The molecule has 1 aliphatic rings. The fourth-order valence-electron chi connectivity index (χ4n) is 4.38. The maximum atomic E-state index is 12.7. The second kappa shape index (κ2) is 6.83. The molecule has 0 aliphatic heterocycles. The molecule has 2 amide bonds. The minimum absolute atomic E-state index is 0.180. The van der Waals surface area contributed by atoms with Gasteiger partial charge in [-0.25, -0.2) is 0 Å². The fourth-order valence-corrected chi connectivity index (χ4v) is 4.38. The molecule has 0 radical (unpaired) electrons. The van der Waals surface area contributed by atoms with E-state index in [0.29, 0.717) is 12.3 Å². The number of phenolic OH excluding ortho intramolecular Hbond substituents is 1. The van der Waals surface area contributed by atoms with Gasteiger partial charge in [-0.1, -0.05) is 33.3 Å². The van der Waals surface area contributed by atoms with Crippen LogP contribution in [0.4, 0.5) is 5.69 Å². The van der Waals surface area contributed by atoms with Gasteiger partial charge in [0.1, 0.15) is 0 Å². The molecule has 2 rings (SSSR count). The maximum absolute atomic E-state index is 12.7. The molecule has 132 valence electrons. The highest BCUT2D eigenvalue weighted by molar-refractivity contribution is 5.99. The lowest BCUT2D eigenvalue weighted by molar-refractivity contribution is -0.105. The van der Waals surface area contributed by atoms with Crippen molar-refractivity contribution >= 4 is 18.0 Å². The molecule has 1 aliphatic carbocycles. The molecule has 0 spiro atoms. The Morgan fingerprint density at radius 2 is 2.08 bits per heavy atom. The summed E-state index contributed by atoms with van der Waals surface area (Å²) in [5, 5.41) is 15.8. The largest absolute Gasteiger partial charge is 0.505 e. The Morgan fingerprint density at radius 3 is 2.71 bits per heavy atom. The summed E-state index contributed by atoms with van der Waals surface area (Å²) in [6.07, 6.45) is 4.56. The van der Waals surface area contributed by atoms with Gasteiger partial charge in [0.25, 0.3) is 5.91 Å². The van der Waals surface area contributed by atoms with Gasteiger partial charge >= 0.3 is 0 Å². The van der Waals surface area contributed by atoms with Crippen LogP contribution >= 0.6 is 0 Å². The van der Waals surface area contributed by atoms with Crippen LogP contribution in [0.15, 0.2) is 18.2 Å². The number of benzene rings is 1. The van der Waals surface area contributed by atoms with E-state index in [-0.39, 0.29) is 33.9 Å². The van der Waals surface area contributed by atoms with Crippen molar-refractivity contribution in [3.8, 4) is 5.75 Å². The topological polar surface area (TPSA) is 78.4 Å². The van der Waals surface area contributed by atoms with Gasteiger partial charge in [0, 0.05) is 5.54 Å². The van der Waals surface area contributed by atoms with Gasteiger partial charge in [0.15, 0.2) is 5.75 Å². The number of para-hydroxylation sites is 1. The molecule has 3 N–H and O–H groups in total. The number of hydrogen-bond acceptors (Lipinski definition) is 3. The normalized spacial score (nSPS) is 29.8. The van der Waals surface area contributed by atoms with Gasteiger partial charge in [-0.05, 0) is 49.7 Å². The van der Waals surface area contributed by atoms with Crippen LogP contribution < -0.4 is 10.6 Å². The van der Waals surface area contributed by atoms with Gasteiger partial charge in [-0.15, -0.1) is 0 Å². The Bertz CT molecular complexity index is 631. The van der Waals surface area contributed by atoms with Gasteiger partial charge in [-0.2, -0.15) is 0 Å². The monoisotopic (exact) mass is 332 g/mol. The number of carbonyl (C=O) groups is 2. The van der Waals surface area contributed by atoms with Crippen LogP contribution in [-0.2, 0) is 4.79 Å². The molecule has 5 heteroatoms. The van der Waals surface area contributed by atoms with E-state index in [0.717, 1.165) is 19.3 Å². The predicted molar refractivity (Wildman–Crippen MR) is 95.1 cm³/mol. The summed E-state index contributed by atoms with van der Waals surface area (Å²) in [5.41, 5.74) is 0.320. The number of amides is 2. The fraction of sp³-hybridized carbons (Fsp3) is 0.579. The Balaban J connectivity index is 2.22. The number of hydrogen-bond donors (Lipinski definition) is 3. The van der Waals surface area contributed by atoms with Crippen molar-refractivity contribution in [2.24, 2.45) is 11.3 Å². The zero-order valence-corrected chi connectivity index (χ0v) is 15.0. The molecule has 3 atom stereocenters. The van der Waals surface area contributed by atoms with Crippen molar-refractivity contribution in [2.75, 3.05) is 5.32 Å². The summed E-state index contributed by atoms with van der Waals surface area (Å²) in [6.45, 7) is 8.78. The molecule has 0 bridgehead atoms. The second-order valence-corrected chi connectivity index (χ2v) is 7.83. The molecule has 0 aromatic heterocycles. The Kier molecular flexibility index (Phi) is 5.21. The van der Waals surface area contributed by atoms with Crippen LogP contribution in [0.3, 0.4) is 0 Å². The highest BCUT2D eigenvalue weighted by Crippen LogP contribution is 2.46. The SMILES string of the molecule is CCC1(C)CC(C)CC(C)(NC(=O)c2cccc(NC=O)c2O)C1. The highest BCUT2D eigenvalue weighted by atomic mass is 16.3. The van der Waals surface area contributed by atoms with Crippen LogP contribution in [0.1, 0.15) is 63.7 Å². The third kappa shape index (κ3) is 3.89. The summed E-state index contributed by atoms with van der Waals surface area (Å²) >= 11 is 0.